The molecule has 0 bridgehead atoms. The third-order valence-corrected chi connectivity index (χ3v) is 3.98. The van der Waals surface area contributed by atoms with E-state index in [-0.39, 0.29) is 6.10 Å². The van der Waals surface area contributed by atoms with Gasteiger partial charge in [0.2, 0.25) is 0 Å². The number of carbonyl (C=O) groups is 1. The highest BCUT2D eigenvalue weighted by Gasteiger charge is 2.75. The first-order chi connectivity index (χ1) is 7.08. The van der Waals surface area contributed by atoms with E-state index in [9.17, 15) is 4.79 Å². The van der Waals surface area contributed by atoms with Crippen LogP contribution >= 0.6 is 11.6 Å². The first kappa shape index (κ1) is 11.2. The second kappa shape index (κ2) is 3.61. The highest BCUT2D eigenvalue weighted by atomic mass is 35.5. The van der Waals surface area contributed by atoms with Crippen molar-refractivity contribution in [2.24, 2.45) is 0 Å². The molecule has 1 atom stereocenters. The van der Waals surface area contributed by atoms with Crippen LogP contribution in [0, 0.1) is 0 Å². The first-order valence-corrected chi connectivity index (χ1v) is 5.46. The molecule has 0 aromatic rings. The Labute approximate surface area is 93.8 Å². The average molecular weight is 235 g/mol. The van der Waals surface area contributed by atoms with E-state index in [1.54, 1.807) is 7.11 Å². The van der Waals surface area contributed by atoms with Gasteiger partial charge in [-0.05, 0) is 25.7 Å². The van der Waals surface area contributed by atoms with Crippen LogP contribution in [0.4, 0.5) is 0 Å². The summed E-state index contributed by atoms with van der Waals surface area (Å²) < 4.78 is 15.3. The summed E-state index contributed by atoms with van der Waals surface area (Å²) in [4.78, 5) is 11.4. The van der Waals surface area contributed by atoms with E-state index in [2.05, 4.69) is 4.74 Å². The maximum absolute atomic E-state index is 11.4. The van der Waals surface area contributed by atoms with Crippen LogP contribution in [0.1, 0.15) is 25.7 Å². The first-order valence-electron chi connectivity index (χ1n) is 5.08. The smallest absolute Gasteiger partial charge is 0.357 e. The minimum atomic E-state index is -1.24. The lowest BCUT2D eigenvalue weighted by Gasteiger charge is -2.26. The molecule has 5 heteroatoms. The second-order valence-corrected chi connectivity index (χ2v) is 4.65. The molecule has 0 amide bonds. The Morgan fingerprint density at radius 2 is 2.00 bits per heavy atom. The number of ether oxygens (including phenoxy) is 3. The molecule has 1 saturated heterocycles. The normalized spacial score (nSPS) is 44.1. The Kier molecular flexibility index (Phi) is 2.69. The van der Waals surface area contributed by atoms with Crippen molar-refractivity contribution in [2.45, 2.75) is 42.4 Å². The van der Waals surface area contributed by atoms with Crippen LogP contribution in [0.25, 0.3) is 0 Å². The van der Waals surface area contributed by atoms with E-state index in [0.717, 1.165) is 25.7 Å². The monoisotopic (exact) mass is 234 g/mol. The topological polar surface area (TPSA) is 48.1 Å². The molecular weight excluding hydrogens is 220 g/mol. The maximum Gasteiger partial charge on any atom is 0.357 e. The Bertz CT molecular complexity index is 273. The zero-order chi connectivity index (χ0) is 11.1. The molecular formula is C10H15ClO4. The van der Waals surface area contributed by atoms with Gasteiger partial charge >= 0.3 is 5.97 Å². The van der Waals surface area contributed by atoms with Gasteiger partial charge in [-0.2, -0.15) is 0 Å². The number of hydrogen-bond acceptors (Lipinski definition) is 4. The van der Waals surface area contributed by atoms with Crippen LogP contribution in [0.2, 0.25) is 0 Å². The number of esters is 1. The zero-order valence-corrected chi connectivity index (χ0v) is 9.67. The fourth-order valence-electron chi connectivity index (χ4n) is 2.32. The van der Waals surface area contributed by atoms with Gasteiger partial charge in [-0.15, -0.1) is 0 Å². The second-order valence-electron chi connectivity index (χ2n) is 4.12. The molecule has 2 rings (SSSR count). The lowest BCUT2D eigenvalue weighted by molar-refractivity contribution is -0.143. The molecule has 0 aromatic carbocycles. The molecule has 1 unspecified atom stereocenters. The van der Waals surface area contributed by atoms with E-state index >= 15 is 0 Å². The van der Waals surface area contributed by atoms with Crippen LogP contribution < -0.4 is 0 Å². The summed E-state index contributed by atoms with van der Waals surface area (Å²) in [5, 5.41) is -1.24. The third kappa shape index (κ3) is 1.55. The van der Waals surface area contributed by atoms with Crippen LogP contribution in [0.3, 0.4) is 0 Å². The van der Waals surface area contributed by atoms with Crippen LogP contribution in [-0.4, -0.2) is 37.0 Å². The summed E-state index contributed by atoms with van der Waals surface area (Å²) >= 11 is 6.08. The number of carbonyl (C=O) groups excluding carboxylic acids is 1. The SMILES string of the molecule is COC(=O)C1(Cl)OC12CCC(OC)CC2. The van der Waals surface area contributed by atoms with Gasteiger partial charge in [-0.3, -0.25) is 0 Å². The Hall–Kier alpha value is -0.320. The summed E-state index contributed by atoms with van der Waals surface area (Å²) in [7, 11) is 3.02. The van der Waals surface area contributed by atoms with Crippen LogP contribution in [0.15, 0.2) is 0 Å². The van der Waals surface area contributed by atoms with Gasteiger partial charge in [0, 0.05) is 7.11 Å². The molecule has 4 nitrogen and oxygen atoms in total. The summed E-state index contributed by atoms with van der Waals surface area (Å²) in [5.41, 5.74) is -0.503. The van der Waals surface area contributed by atoms with Gasteiger partial charge in [0.15, 0.2) is 0 Å². The molecule has 2 aliphatic rings. The Balaban J connectivity index is 1.99. The molecule has 1 spiro atoms. The summed E-state index contributed by atoms with van der Waals surface area (Å²) in [5.74, 6) is -0.486. The highest BCUT2D eigenvalue weighted by Crippen LogP contribution is 2.59. The van der Waals surface area contributed by atoms with Crippen molar-refractivity contribution in [3.8, 4) is 0 Å². The van der Waals surface area contributed by atoms with E-state index in [1.807, 2.05) is 0 Å². The number of halogens is 1. The summed E-state index contributed by atoms with van der Waals surface area (Å²) in [6.07, 6.45) is 3.52. The predicted octanol–water partition coefficient (Wildman–Crippen LogP) is 1.45. The number of methoxy groups -OCH3 is 2. The Morgan fingerprint density at radius 1 is 1.40 bits per heavy atom. The van der Waals surface area contributed by atoms with Crippen molar-refractivity contribution in [3.05, 3.63) is 0 Å². The average Bonchev–Trinajstić information content (AvgIpc) is 2.85. The predicted molar refractivity (Wildman–Crippen MR) is 53.7 cm³/mol. The van der Waals surface area contributed by atoms with Crippen molar-refractivity contribution in [1.82, 2.24) is 0 Å². The molecule has 1 aliphatic carbocycles. The molecule has 86 valence electrons. The van der Waals surface area contributed by atoms with E-state index < -0.39 is 16.6 Å². The maximum atomic E-state index is 11.4. The molecule has 15 heavy (non-hydrogen) atoms. The lowest BCUT2D eigenvalue weighted by atomic mass is 9.84. The number of hydrogen-bond donors (Lipinski definition) is 0. The van der Waals surface area contributed by atoms with Crippen molar-refractivity contribution in [2.75, 3.05) is 14.2 Å². The van der Waals surface area contributed by atoms with Crippen LogP contribution in [0.5, 0.6) is 0 Å². The van der Waals surface area contributed by atoms with Gasteiger partial charge in [0.1, 0.15) is 5.60 Å². The van der Waals surface area contributed by atoms with Crippen molar-refractivity contribution < 1.29 is 19.0 Å². The number of rotatable bonds is 2. The quantitative estimate of drug-likeness (QED) is 0.412. The molecule has 0 aromatic heterocycles. The highest BCUT2D eigenvalue weighted by molar-refractivity contribution is 6.36. The van der Waals surface area contributed by atoms with Crippen molar-refractivity contribution in [3.63, 3.8) is 0 Å². The molecule has 1 saturated carbocycles. The number of alkyl halides is 1. The van der Waals surface area contributed by atoms with E-state index in [4.69, 9.17) is 21.1 Å². The molecule has 1 aliphatic heterocycles. The minimum Gasteiger partial charge on any atom is -0.466 e. The van der Waals surface area contributed by atoms with Crippen molar-refractivity contribution in [1.29, 1.82) is 0 Å². The standard InChI is InChI=1S/C10H15ClO4/c1-13-7-3-5-9(6-4-7)10(11,15-9)8(12)14-2/h7H,3-6H2,1-2H3. The fraction of sp³-hybridized carbons (Fsp3) is 0.900. The fourth-order valence-corrected chi connectivity index (χ4v) is 2.73. The Morgan fingerprint density at radius 3 is 2.47 bits per heavy atom. The minimum absolute atomic E-state index is 0.262. The number of epoxide rings is 1. The summed E-state index contributed by atoms with van der Waals surface area (Å²) in [6, 6.07) is 0. The zero-order valence-electron chi connectivity index (χ0n) is 8.92. The van der Waals surface area contributed by atoms with Gasteiger partial charge in [0.05, 0.1) is 13.2 Å². The molecule has 1 heterocycles. The van der Waals surface area contributed by atoms with Crippen LogP contribution in [-0.2, 0) is 19.0 Å². The van der Waals surface area contributed by atoms with Crippen molar-refractivity contribution >= 4 is 17.6 Å². The van der Waals surface area contributed by atoms with E-state index in [0.29, 0.717) is 0 Å². The molecule has 0 N–H and O–H groups in total. The summed E-state index contributed by atoms with van der Waals surface area (Å²) in [6.45, 7) is 0. The third-order valence-electron chi connectivity index (χ3n) is 3.40. The molecule has 0 radical (unpaired) electrons. The lowest BCUT2D eigenvalue weighted by Crippen LogP contribution is -2.35. The van der Waals surface area contributed by atoms with Gasteiger partial charge in [-0.1, -0.05) is 11.6 Å². The van der Waals surface area contributed by atoms with Gasteiger partial charge < -0.3 is 14.2 Å². The van der Waals surface area contributed by atoms with E-state index in [1.165, 1.54) is 7.11 Å². The van der Waals surface area contributed by atoms with Gasteiger partial charge in [-0.25, -0.2) is 4.79 Å². The largest absolute Gasteiger partial charge is 0.466 e. The van der Waals surface area contributed by atoms with Gasteiger partial charge in [0.25, 0.3) is 5.06 Å². The molecule has 2 fully saturated rings.